The van der Waals surface area contributed by atoms with E-state index in [0.29, 0.717) is 5.41 Å². The van der Waals surface area contributed by atoms with Crippen LogP contribution in [0, 0.1) is 5.41 Å². The van der Waals surface area contributed by atoms with Crippen molar-refractivity contribution in [2.75, 3.05) is 0 Å². The van der Waals surface area contributed by atoms with E-state index in [0.717, 1.165) is 0 Å². The van der Waals surface area contributed by atoms with Gasteiger partial charge in [-0.25, -0.2) is 0 Å². The quantitative estimate of drug-likeness (QED) is 0.547. The zero-order valence-electron chi connectivity index (χ0n) is 9.15. The lowest BCUT2D eigenvalue weighted by Crippen LogP contribution is -2.08. The van der Waals surface area contributed by atoms with Crippen LogP contribution in [-0.4, -0.2) is 0 Å². The van der Waals surface area contributed by atoms with Gasteiger partial charge >= 0.3 is 0 Å². The number of hydrogen-bond donors (Lipinski definition) is 0. The maximum Gasteiger partial charge on any atom is -0.0170 e. The predicted octanol–water partition coefficient (Wildman–Crippen LogP) is 4.34. The molecule has 0 aromatic heterocycles. The summed E-state index contributed by atoms with van der Waals surface area (Å²) in [5.41, 5.74) is 1.87. The number of rotatable bonds is 3. The molecule has 0 spiro atoms. The van der Waals surface area contributed by atoms with Crippen molar-refractivity contribution in [1.29, 1.82) is 0 Å². The maximum absolute atomic E-state index is 2.28. The molecule has 0 heterocycles. The lowest BCUT2D eigenvalue weighted by molar-refractivity contribution is 0.480. The Morgan fingerprint density at radius 2 is 1.83 bits per heavy atom. The van der Waals surface area contributed by atoms with Crippen molar-refractivity contribution < 1.29 is 0 Å². The van der Waals surface area contributed by atoms with Crippen LogP contribution in [0.4, 0.5) is 0 Å². The highest BCUT2D eigenvalue weighted by molar-refractivity contribution is 5.17. The first-order chi connectivity index (χ1) is 5.52. The molecule has 0 aliphatic carbocycles. The summed E-state index contributed by atoms with van der Waals surface area (Å²) in [6.07, 6.45) is 8.93. The first-order valence-electron chi connectivity index (χ1n) is 4.84. The normalized spacial score (nSPS) is 14.2. The second-order valence-corrected chi connectivity index (χ2v) is 4.22. The fourth-order valence-electron chi connectivity index (χ4n) is 1.19. The Labute approximate surface area is 77.4 Å². The molecule has 0 atom stereocenters. The van der Waals surface area contributed by atoms with Gasteiger partial charge < -0.3 is 0 Å². The van der Waals surface area contributed by atoms with Crippen molar-refractivity contribution in [2.24, 2.45) is 5.41 Å². The van der Waals surface area contributed by atoms with Gasteiger partial charge in [0.15, 0.2) is 0 Å². The van der Waals surface area contributed by atoms with Crippen LogP contribution in [-0.2, 0) is 0 Å². The SMILES string of the molecule is CC=CC=C(CCC)C(C)(C)C. The van der Waals surface area contributed by atoms with Gasteiger partial charge in [0.05, 0.1) is 0 Å². The summed E-state index contributed by atoms with van der Waals surface area (Å²) in [5, 5.41) is 0. The fourth-order valence-corrected chi connectivity index (χ4v) is 1.19. The molecule has 0 saturated carbocycles. The highest BCUT2D eigenvalue weighted by atomic mass is 14.2. The lowest BCUT2D eigenvalue weighted by atomic mass is 9.83. The van der Waals surface area contributed by atoms with Crippen LogP contribution in [0.5, 0.6) is 0 Å². The van der Waals surface area contributed by atoms with Gasteiger partial charge in [0.1, 0.15) is 0 Å². The summed E-state index contributed by atoms with van der Waals surface area (Å²) in [7, 11) is 0. The van der Waals surface area contributed by atoms with E-state index in [1.165, 1.54) is 12.8 Å². The van der Waals surface area contributed by atoms with Gasteiger partial charge in [-0.2, -0.15) is 0 Å². The van der Waals surface area contributed by atoms with Crippen LogP contribution >= 0.6 is 0 Å². The third-order valence-corrected chi connectivity index (χ3v) is 1.97. The van der Waals surface area contributed by atoms with Crippen LogP contribution < -0.4 is 0 Å². The number of allylic oxidation sites excluding steroid dienone is 4. The zero-order chi connectivity index (χ0) is 9.61. The van der Waals surface area contributed by atoms with E-state index in [1.807, 2.05) is 0 Å². The zero-order valence-corrected chi connectivity index (χ0v) is 9.15. The van der Waals surface area contributed by atoms with Gasteiger partial charge in [0.2, 0.25) is 0 Å². The van der Waals surface area contributed by atoms with Crippen molar-refractivity contribution >= 4 is 0 Å². The van der Waals surface area contributed by atoms with Crippen LogP contribution in [0.15, 0.2) is 23.8 Å². The largest absolute Gasteiger partial charge is 0.0877 e. The molecule has 70 valence electrons. The van der Waals surface area contributed by atoms with E-state index < -0.39 is 0 Å². The van der Waals surface area contributed by atoms with Crippen molar-refractivity contribution in [3.05, 3.63) is 23.8 Å². The topological polar surface area (TPSA) is 0 Å². The van der Waals surface area contributed by atoms with Crippen LogP contribution in [0.25, 0.3) is 0 Å². The fraction of sp³-hybridized carbons (Fsp3) is 0.667. The molecule has 0 N–H and O–H groups in total. The summed E-state index contributed by atoms with van der Waals surface area (Å²) >= 11 is 0. The third kappa shape index (κ3) is 4.38. The molecule has 0 heteroatoms. The number of hydrogen-bond acceptors (Lipinski definition) is 0. The average molecular weight is 166 g/mol. The van der Waals surface area contributed by atoms with Gasteiger partial charge in [0, 0.05) is 0 Å². The summed E-state index contributed by atoms with van der Waals surface area (Å²) in [6.45, 7) is 11.1. The first kappa shape index (κ1) is 11.5. The monoisotopic (exact) mass is 166 g/mol. The molecule has 0 aromatic carbocycles. The van der Waals surface area contributed by atoms with Crippen LogP contribution in [0.1, 0.15) is 47.5 Å². The third-order valence-electron chi connectivity index (χ3n) is 1.97. The predicted molar refractivity (Wildman–Crippen MR) is 57.3 cm³/mol. The Balaban J connectivity index is 4.43. The van der Waals surface area contributed by atoms with Crippen molar-refractivity contribution in [3.8, 4) is 0 Å². The molecule has 0 saturated heterocycles. The Morgan fingerprint density at radius 3 is 2.17 bits per heavy atom. The van der Waals surface area contributed by atoms with E-state index in [-0.39, 0.29) is 0 Å². The maximum atomic E-state index is 2.28. The molecule has 0 amide bonds. The summed E-state index contributed by atoms with van der Waals surface area (Å²) in [4.78, 5) is 0. The van der Waals surface area contributed by atoms with Crippen LogP contribution in [0.2, 0.25) is 0 Å². The smallest absolute Gasteiger partial charge is 0.0170 e. The van der Waals surface area contributed by atoms with Crippen LogP contribution in [0.3, 0.4) is 0 Å². The highest BCUT2D eigenvalue weighted by Gasteiger charge is 2.14. The Morgan fingerprint density at radius 1 is 1.25 bits per heavy atom. The molecular weight excluding hydrogens is 144 g/mol. The standard InChI is InChI=1S/C12H22/c1-6-8-10-11(9-7-2)12(3,4)5/h6,8,10H,7,9H2,1-5H3. The lowest BCUT2D eigenvalue weighted by Gasteiger charge is -2.22. The van der Waals surface area contributed by atoms with E-state index in [4.69, 9.17) is 0 Å². The summed E-state index contributed by atoms with van der Waals surface area (Å²) in [6, 6.07) is 0. The molecule has 12 heavy (non-hydrogen) atoms. The van der Waals surface area contributed by atoms with Gasteiger partial charge in [-0.3, -0.25) is 0 Å². The molecule has 0 radical (unpaired) electrons. The second-order valence-electron chi connectivity index (χ2n) is 4.22. The molecule has 0 fully saturated rings. The van der Waals surface area contributed by atoms with Crippen molar-refractivity contribution in [2.45, 2.75) is 47.5 Å². The summed E-state index contributed by atoms with van der Waals surface area (Å²) in [5.74, 6) is 0. The van der Waals surface area contributed by atoms with E-state index >= 15 is 0 Å². The molecule has 0 rings (SSSR count). The van der Waals surface area contributed by atoms with Gasteiger partial charge in [-0.15, -0.1) is 0 Å². The Kier molecular flexibility index (Phi) is 4.96. The molecule has 0 bridgehead atoms. The molecule has 0 nitrogen and oxygen atoms in total. The van der Waals surface area contributed by atoms with E-state index in [2.05, 4.69) is 52.8 Å². The minimum absolute atomic E-state index is 0.329. The molecule has 0 aromatic rings. The van der Waals surface area contributed by atoms with Gasteiger partial charge in [-0.05, 0) is 18.8 Å². The average Bonchev–Trinajstić information content (AvgIpc) is 1.95. The van der Waals surface area contributed by atoms with Gasteiger partial charge in [0.25, 0.3) is 0 Å². The molecule has 0 aliphatic rings. The minimum atomic E-state index is 0.329. The van der Waals surface area contributed by atoms with Crippen molar-refractivity contribution in [1.82, 2.24) is 0 Å². The highest BCUT2D eigenvalue weighted by Crippen LogP contribution is 2.28. The minimum Gasteiger partial charge on any atom is -0.0877 e. The summed E-state index contributed by atoms with van der Waals surface area (Å²) < 4.78 is 0. The molecular formula is C12H22. The molecule has 0 aliphatic heterocycles. The van der Waals surface area contributed by atoms with E-state index in [1.54, 1.807) is 5.57 Å². The Hall–Kier alpha value is -0.520. The van der Waals surface area contributed by atoms with E-state index in [9.17, 15) is 0 Å². The molecule has 0 unspecified atom stereocenters. The van der Waals surface area contributed by atoms with Crippen molar-refractivity contribution in [3.63, 3.8) is 0 Å². The first-order valence-corrected chi connectivity index (χ1v) is 4.84. The van der Waals surface area contributed by atoms with Gasteiger partial charge in [-0.1, -0.05) is 57.9 Å². The second kappa shape index (κ2) is 5.18. The Bertz CT molecular complexity index is 165.